The Morgan fingerprint density at radius 1 is 1.43 bits per heavy atom. The van der Waals surface area contributed by atoms with Crippen LogP contribution in [0.1, 0.15) is 26.7 Å². The molecule has 0 heterocycles. The largest absolute Gasteiger partial charge is 0.394 e. The minimum atomic E-state index is -5.32. The van der Waals surface area contributed by atoms with Crippen LogP contribution < -0.4 is 0 Å². The molecular weight excluding hydrogens is 217 g/mol. The second kappa shape index (κ2) is 5.16. The SMILES string of the molecule is CC(C)OCCCC(F)(F)P(=O)(O)O. The fourth-order valence-electron chi connectivity index (χ4n) is 0.750. The van der Waals surface area contributed by atoms with Gasteiger partial charge in [0.25, 0.3) is 0 Å². The van der Waals surface area contributed by atoms with Gasteiger partial charge >= 0.3 is 13.3 Å². The topological polar surface area (TPSA) is 66.8 Å². The lowest BCUT2D eigenvalue weighted by molar-refractivity contribution is 0.0258. The summed E-state index contributed by atoms with van der Waals surface area (Å²) >= 11 is 0. The van der Waals surface area contributed by atoms with Crippen molar-refractivity contribution in [3.05, 3.63) is 0 Å². The summed E-state index contributed by atoms with van der Waals surface area (Å²) in [5.74, 6) is 0. The first-order valence-electron chi connectivity index (χ1n) is 4.22. The van der Waals surface area contributed by atoms with Crippen LogP contribution in [0, 0.1) is 0 Å². The van der Waals surface area contributed by atoms with Crippen molar-refractivity contribution in [1.29, 1.82) is 0 Å². The summed E-state index contributed by atoms with van der Waals surface area (Å²) in [4.78, 5) is 16.5. The van der Waals surface area contributed by atoms with Crippen LogP contribution in [0.15, 0.2) is 0 Å². The fraction of sp³-hybridized carbons (Fsp3) is 1.00. The van der Waals surface area contributed by atoms with Gasteiger partial charge < -0.3 is 14.5 Å². The van der Waals surface area contributed by atoms with Crippen molar-refractivity contribution < 1.29 is 27.9 Å². The van der Waals surface area contributed by atoms with Gasteiger partial charge in [-0.2, -0.15) is 8.78 Å². The molecule has 86 valence electrons. The molecule has 0 rings (SSSR count). The van der Waals surface area contributed by atoms with E-state index in [4.69, 9.17) is 14.5 Å². The molecule has 0 fully saturated rings. The number of alkyl halides is 2. The van der Waals surface area contributed by atoms with Gasteiger partial charge in [0.2, 0.25) is 0 Å². The molecule has 0 unspecified atom stereocenters. The van der Waals surface area contributed by atoms with E-state index >= 15 is 0 Å². The van der Waals surface area contributed by atoms with E-state index in [1.165, 1.54) is 0 Å². The molecule has 0 bridgehead atoms. The van der Waals surface area contributed by atoms with Crippen molar-refractivity contribution in [2.24, 2.45) is 0 Å². The number of hydrogen-bond acceptors (Lipinski definition) is 2. The Kier molecular flexibility index (Phi) is 5.15. The number of rotatable bonds is 6. The first-order chi connectivity index (χ1) is 6.17. The zero-order chi connectivity index (χ0) is 11.4. The lowest BCUT2D eigenvalue weighted by Crippen LogP contribution is -2.17. The molecule has 0 radical (unpaired) electrons. The predicted molar refractivity (Wildman–Crippen MR) is 47.3 cm³/mol. The summed E-state index contributed by atoms with van der Waals surface area (Å²) in [6, 6.07) is 0. The van der Waals surface area contributed by atoms with Gasteiger partial charge in [0.1, 0.15) is 0 Å². The molecule has 0 aromatic carbocycles. The molecule has 0 saturated carbocycles. The molecular formula is C7H15F2O4P. The molecule has 7 heteroatoms. The van der Waals surface area contributed by atoms with E-state index in [0.29, 0.717) is 0 Å². The molecule has 0 aromatic heterocycles. The van der Waals surface area contributed by atoms with Crippen molar-refractivity contribution in [1.82, 2.24) is 0 Å². The Labute approximate surface area is 81.4 Å². The van der Waals surface area contributed by atoms with Crippen LogP contribution in [0.5, 0.6) is 0 Å². The standard InChI is InChI=1S/C7H15F2O4P/c1-6(2)13-5-3-4-7(8,9)14(10,11)12/h6H,3-5H2,1-2H3,(H2,10,11,12). The molecule has 0 spiro atoms. The fourth-order valence-corrected chi connectivity index (χ4v) is 1.20. The van der Waals surface area contributed by atoms with Crippen molar-refractivity contribution >= 4 is 7.60 Å². The Bertz CT molecular complexity index is 214. The first kappa shape index (κ1) is 14.0. The molecule has 0 atom stereocenters. The summed E-state index contributed by atoms with van der Waals surface area (Å²) < 4.78 is 40.5. The first-order valence-corrected chi connectivity index (χ1v) is 5.83. The molecule has 0 aliphatic heterocycles. The molecule has 0 aliphatic rings. The zero-order valence-corrected chi connectivity index (χ0v) is 9.01. The molecule has 4 nitrogen and oxygen atoms in total. The van der Waals surface area contributed by atoms with Crippen molar-refractivity contribution in [3.8, 4) is 0 Å². The van der Waals surface area contributed by atoms with E-state index in [-0.39, 0.29) is 19.1 Å². The van der Waals surface area contributed by atoms with Gasteiger partial charge in [0.05, 0.1) is 6.10 Å². The van der Waals surface area contributed by atoms with E-state index in [2.05, 4.69) is 0 Å². The summed E-state index contributed by atoms with van der Waals surface area (Å²) in [5, 5.41) is 0. The van der Waals surface area contributed by atoms with E-state index in [1.54, 1.807) is 13.8 Å². The molecule has 2 N–H and O–H groups in total. The van der Waals surface area contributed by atoms with E-state index in [1.807, 2.05) is 0 Å². The minimum absolute atomic E-state index is 0.0707. The van der Waals surface area contributed by atoms with Gasteiger partial charge in [0.15, 0.2) is 0 Å². The maximum absolute atomic E-state index is 12.6. The van der Waals surface area contributed by atoms with E-state index < -0.39 is 19.7 Å². The highest BCUT2D eigenvalue weighted by molar-refractivity contribution is 7.53. The van der Waals surface area contributed by atoms with Gasteiger partial charge in [-0.15, -0.1) is 0 Å². The maximum Gasteiger partial charge on any atom is 0.394 e. The quantitative estimate of drug-likeness (QED) is 0.542. The number of halogens is 2. The highest BCUT2D eigenvalue weighted by Crippen LogP contribution is 2.55. The average molecular weight is 232 g/mol. The highest BCUT2D eigenvalue weighted by Gasteiger charge is 2.47. The third-order valence-electron chi connectivity index (χ3n) is 1.50. The smallest absolute Gasteiger partial charge is 0.379 e. The summed E-state index contributed by atoms with van der Waals surface area (Å²) in [6.45, 7) is 3.58. The third-order valence-corrected chi connectivity index (χ3v) is 2.58. The number of ether oxygens (including phenoxy) is 1. The summed E-state index contributed by atoms with van der Waals surface area (Å²) in [7, 11) is -5.32. The molecule has 0 aliphatic carbocycles. The second-order valence-electron chi connectivity index (χ2n) is 3.23. The Hall–Kier alpha value is -0.0300. The van der Waals surface area contributed by atoms with Crippen molar-refractivity contribution in [3.63, 3.8) is 0 Å². The zero-order valence-electron chi connectivity index (χ0n) is 8.11. The van der Waals surface area contributed by atoms with E-state index in [9.17, 15) is 13.3 Å². The van der Waals surface area contributed by atoms with Crippen LogP contribution in [0.4, 0.5) is 8.78 Å². The van der Waals surface area contributed by atoms with Gasteiger partial charge in [-0.1, -0.05) is 0 Å². The van der Waals surface area contributed by atoms with Gasteiger partial charge in [0, 0.05) is 13.0 Å². The lowest BCUT2D eigenvalue weighted by atomic mass is 10.3. The van der Waals surface area contributed by atoms with Crippen LogP contribution in [-0.4, -0.2) is 28.2 Å². The Morgan fingerprint density at radius 3 is 2.29 bits per heavy atom. The summed E-state index contributed by atoms with van der Waals surface area (Å²) in [6.07, 6.45) is -1.00. The van der Waals surface area contributed by atoms with Crippen LogP contribution in [0.2, 0.25) is 0 Å². The van der Waals surface area contributed by atoms with Crippen molar-refractivity contribution in [2.75, 3.05) is 6.61 Å². The van der Waals surface area contributed by atoms with Gasteiger partial charge in [-0.25, -0.2) is 0 Å². The average Bonchev–Trinajstić information content (AvgIpc) is 1.95. The Balaban J connectivity index is 3.84. The van der Waals surface area contributed by atoms with Crippen LogP contribution >= 0.6 is 7.60 Å². The molecule has 0 saturated heterocycles. The highest BCUT2D eigenvalue weighted by atomic mass is 31.2. The molecule has 0 amide bonds. The minimum Gasteiger partial charge on any atom is -0.379 e. The number of hydrogen-bond donors (Lipinski definition) is 2. The Morgan fingerprint density at radius 2 is 1.93 bits per heavy atom. The summed E-state index contributed by atoms with van der Waals surface area (Å²) in [5.41, 5.74) is -3.94. The van der Waals surface area contributed by atoms with Crippen LogP contribution in [-0.2, 0) is 9.30 Å². The maximum atomic E-state index is 12.6. The van der Waals surface area contributed by atoms with Crippen LogP contribution in [0.25, 0.3) is 0 Å². The normalized spacial score (nSPS) is 13.6. The molecule has 0 aromatic rings. The predicted octanol–water partition coefficient (Wildman–Crippen LogP) is 1.96. The van der Waals surface area contributed by atoms with Gasteiger partial charge in [-0.05, 0) is 20.3 Å². The van der Waals surface area contributed by atoms with Crippen LogP contribution in [0.3, 0.4) is 0 Å². The van der Waals surface area contributed by atoms with Gasteiger partial charge in [-0.3, -0.25) is 4.57 Å². The lowest BCUT2D eigenvalue weighted by Gasteiger charge is -2.17. The monoisotopic (exact) mass is 232 g/mol. The molecule has 14 heavy (non-hydrogen) atoms. The third kappa shape index (κ3) is 5.00. The van der Waals surface area contributed by atoms with Crippen molar-refractivity contribution in [2.45, 2.75) is 38.5 Å². The second-order valence-corrected chi connectivity index (χ2v) is 4.98. The van der Waals surface area contributed by atoms with E-state index in [0.717, 1.165) is 0 Å².